The Bertz CT molecular complexity index is 733. The molecular weight excluding hydrogens is 392 g/mol. The third-order valence-electron chi connectivity index (χ3n) is 7.22. The Kier molecular flexibility index (Phi) is 11.0. The molecule has 1 aliphatic carbocycles. The van der Waals surface area contributed by atoms with Crippen molar-refractivity contribution in [2.75, 3.05) is 6.61 Å². The van der Waals surface area contributed by atoms with Crippen molar-refractivity contribution in [3.8, 4) is 17.1 Å². The number of hydrogen-bond acceptors (Lipinski definition) is 3. The molecule has 0 aliphatic heterocycles. The van der Waals surface area contributed by atoms with Crippen LogP contribution in [0.5, 0.6) is 5.75 Å². The number of aromatic nitrogens is 2. The van der Waals surface area contributed by atoms with Gasteiger partial charge in [-0.25, -0.2) is 9.97 Å². The molecule has 0 atom stereocenters. The lowest BCUT2D eigenvalue weighted by atomic mass is 9.79. The number of rotatable bonds is 14. The van der Waals surface area contributed by atoms with Gasteiger partial charge >= 0.3 is 0 Å². The molecule has 1 saturated carbocycles. The number of aryl methyl sites for hydroxylation is 1. The average Bonchev–Trinajstić information content (AvgIpc) is 2.85. The molecule has 3 nitrogen and oxygen atoms in total. The summed E-state index contributed by atoms with van der Waals surface area (Å²) in [6, 6.07) is 8.23. The van der Waals surface area contributed by atoms with E-state index >= 15 is 0 Å². The molecule has 0 saturated heterocycles. The number of unbranched alkanes of at least 4 members (excludes halogenated alkanes) is 6. The lowest BCUT2D eigenvalue weighted by Gasteiger charge is -2.27. The molecule has 1 aliphatic rings. The fraction of sp³-hybridized carbons (Fsp3) is 0.655. The van der Waals surface area contributed by atoms with Gasteiger partial charge in [0.25, 0.3) is 0 Å². The van der Waals surface area contributed by atoms with Crippen molar-refractivity contribution in [3.05, 3.63) is 42.2 Å². The quantitative estimate of drug-likeness (QED) is 0.279. The van der Waals surface area contributed by atoms with E-state index in [9.17, 15) is 0 Å². The van der Waals surface area contributed by atoms with Crippen molar-refractivity contribution >= 4 is 0 Å². The second-order valence-corrected chi connectivity index (χ2v) is 9.74. The first-order valence-corrected chi connectivity index (χ1v) is 13.3. The van der Waals surface area contributed by atoms with Gasteiger partial charge in [0, 0.05) is 18.0 Å². The smallest absolute Gasteiger partial charge is 0.159 e. The summed E-state index contributed by atoms with van der Waals surface area (Å²) >= 11 is 0. The van der Waals surface area contributed by atoms with Crippen LogP contribution in [0.3, 0.4) is 0 Å². The van der Waals surface area contributed by atoms with Gasteiger partial charge in [0.1, 0.15) is 5.75 Å². The van der Waals surface area contributed by atoms with Crippen molar-refractivity contribution in [3.63, 3.8) is 0 Å². The van der Waals surface area contributed by atoms with E-state index in [1.807, 2.05) is 24.5 Å². The van der Waals surface area contributed by atoms with Crippen molar-refractivity contribution in [2.45, 2.75) is 104 Å². The van der Waals surface area contributed by atoms with Crippen LogP contribution < -0.4 is 4.74 Å². The minimum absolute atomic E-state index is 0.802. The molecule has 1 heterocycles. The van der Waals surface area contributed by atoms with E-state index in [0.717, 1.165) is 48.4 Å². The van der Waals surface area contributed by atoms with E-state index < -0.39 is 0 Å². The monoisotopic (exact) mass is 436 g/mol. The van der Waals surface area contributed by atoms with Crippen molar-refractivity contribution in [2.24, 2.45) is 11.8 Å². The normalized spacial score (nSPS) is 18.6. The molecule has 0 unspecified atom stereocenters. The Labute approximate surface area is 196 Å². The second kappa shape index (κ2) is 14.3. The maximum Gasteiger partial charge on any atom is 0.159 e. The first kappa shape index (κ1) is 24.7. The second-order valence-electron chi connectivity index (χ2n) is 9.74. The lowest BCUT2D eigenvalue weighted by molar-refractivity contribution is 0.258. The van der Waals surface area contributed by atoms with Gasteiger partial charge in [-0.15, -0.1) is 0 Å². The number of benzene rings is 1. The van der Waals surface area contributed by atoms with Gasteiger partial charge in [0.2, 0.25) is 0 Å². The first-order valence-electron chi connectivity index (χ1n) is 13.3. The summed E-state index contributed by atoms with van der Waals surface area (Å²) < 4.78 is 5.91. The highest BCUT2D eigenvalue weighted by Gasteiger charge is 2.19. The molecule has 32 heavy (non-hydrogen) atoms. The number of ether oxygens (including phenoxy) is 1. The molecule has 0 spiro atoms. The molecule has 3 heteroatoms. The molecule has 0 bridgehead atoms. The molecule has 1 aromatic carbocycles. The van der Waals surface area contributed by atoms with Crippen LogP contribution in [-0.4, -0.2) is 16.6 Å². The lowest BCUT2D eigenvalue weighted by Crippen LogP contribution is -2.14. The summed E-state index contributed by atoms with van der Waals surface area (Å²) in [6.45, 7) is 5.40. The molecule has 176 valence electrons. The van der Waals surface area contributed by atoms with Crippen molar-refractivity contribution in [1.29, 1.82) is 0 Å². The zero-order chi connectivity index (χ0) is 22.4. The number of hydrogen-bond donors (Lipinski definition) is 0. The topological polar surface area (TPSA) is 35.0 Å². The molecule has 3 rings (SSSR count). The molecule has 0 radical (unpaired) electrons. The molecule has 1 fully saturated rings. The highest BCUT2D eigenvalue weighted by Crippen LogP contribution is 2.33. The fourth-order valence-electron chi connectivity index (χ4n) is 4.88. The number of nitrogens with zero attached hydrogens (tertiary/aromatic N) is 2. The van der Waals surface area contributed by atoms with Crippen LogP contribution in [0.1, 0.15) is 103 Å². The summed E-state index contributed by atoms with van der Waals surface area (Å²) in [4.78, 5) is 9.27. The van der Waals surface area contributed by atoms with Crippen LogP contribution in [0, 0.1) is 11.8 Å². The molecule has 1 aromatic heterocycles. The Morgan fingerprint density at radius 2 is 1.41 bits per heavy atom. The minimum Gasteiger partial charge on any atom is -0.494 e. The molecule has 0 N–H and O–H groups in total. The highest BCUT2D eigenvalue weighted by atomic mass is 16.5. The van der Waals surface area contributed by atoms with E-state index in [0.29, 0.717) is 0 Å². The van der Waals surface area contributed by atoms with Gasteiger partial charge in [0.15, 0.2) is 5.82 Å². The Hall–Kier alpha value is -1.90. The van der Waals surface area contributed by atoms with Crippen molar-refractivity contribution < 1.29 is 4.74 Å². The summed E-state index contributed by atoms with van der Waals surface area (Å²) in [7, 11) is 0. The molecule has 0 amide bonds. The Morgan fingerprint density at radius 1 is 0.781 bits per heavy atom. The maximum absolute atomic E-state index is 5.91. The van der Waals surface area contributed by atoms with Gasteiger partial charge in [-0.2, -0.15) is 0 Å². The van der Waals surface area contributed by atoms with Crippen LogP contribution in [0.4, 0.5) is 0 Å². The minimum atomic E-state index is 0.802. The van der Waals surface area contributed by atoms with E-state index in [4.69, 9.17) is 4.74 Å². The predicted octanol–water partition coefficient (Wildman–Crippen LogP) is 8.42. The standard InChI is InChI=1S/C29H44N2O/c1-3-5-6-7-8-9-10-21-32-28-19-17-27(18-20-28)29-30-22-26(23-31-29)16-15-25-13-11-24(4-2)12-14-25/h17-20,22-25H,3-16,21H2,1-2H3/t24-,25-. The molecule has 2 aromatic rings. The first-order chi connectivity index (χ1) is 15.8. The van der Waals surface area contributed by atoms with Crippen LogP contribution in [0.2, 0.25) is 0 Å². The van der Waals surface area contributed by atoms with Gasteiger partial charge in [0.05, 0.1) is 6.61 Å². The predicted molar refractivity (Wildman–Crippen MR) is 135 cm³/mol. The largest absolute Gasteiger partial charge is 0.494 e. The van der Waals surface area contributed by atoms with Crippen LogP contribution in [-0.2, 0) is 6.42 Å². The summed E-state index contributed by atoms with van der Waals surface area (Å²) in [5.74, 6) is 3.61. The van der Waals surface area contributed by atoms with Gasteiger partial charge in [-0.1, -0.05) is 84.5 Å². The maximum atomic E-state index is 5.91. The summed E-state index contributed by atoms with van der Waals surface area (Å²) in [5, 5.41) is 0. The van der Waals surface area contributed by atoms with E-state index in [2.05, 4.69) is 35.9 Å². The zero-order valence-electron chi connectivity index (χ0n) is 20.5. The van der Waals surface area contributed by atoms with Gasteiger partial charge in [-0.05, 0) is 60.9 Å². The van der Waals surface area contributed by atoms with E-state index in [1.54, 1.807) is 0 Å². The zero-order valence-corrected chi connectivity index (χ0v) is 20.5. The third-order valence-corrected chi connectivity index (χ3v) is 7.22. The molecular formula is C29H44N2O. The Morgan fingerprint density at radius 3 is 2.06 bits per heavy atom. The SMILES string of the molecule is CCCCCCCCCOc1ccc(-c2ncc(CC[C@H]3CC[C@H](CC)CC3)cn2)cc1. The third kappa shape index (κ3) is 8.56. The van der Waals surface area contributed by atoms with Crippen LogP contribution in [0.15, 0.2) is 36.7 Å². The van der Waals surface area contributed by atoms with E-state index in [-0.39, 0.29) is 0 Å². The highest BCUT2D eigenvalue weighted by molar-refractivity contribution is 5.55. The Balaban J connectivity index is 1.35. The average molecular weight is 437 g/mol. The van der Waals surface area contributed by atoms with Gasteiger partial charge < -0.3 is 4.74 Å². The van der Waals surface area contributed by atoms with E-state index in [1.165, 1.54) is 82.6 Å². The van der Waals surface area contributed by atoms with Crippen LogP contribution >= 0.6 is 0 Å². The summed E-state index contributed by atoms with van der Waals surface area (Å²) in [6.07, 6.45) is 22.6. The van der Waals surface area contributed by atoms with Crippen LogP contribution in [0.25, 0.3) is 11.4 Å². The fourth-order valence-corrected chi connectivity index (χ4v) is 4.88. The van der Waals surface area contributed by atoms with Crippen molar-refractivity contribution in [1.82, 2.24) is 9.97 Å². The van der Waals surface area contributed by atoms with Gasteiger partial charge in [-0.3, -0.25) is 0 Å². The summed E-state index contributed by atoms with van der Waals surface area (Å²) in [5.41, 5.74) is 2.32.